The van der Waals surface area contributed by atoms with Crippen molar-refractivity contribution in [1.82, 2.24) is 9.88 Å². The molecule has 138 valence electrons. The Balaban J connectivity index is 1.97. The summed E-state index contributed by atoms with van der Waals surface area (Å²) in [4.78, 5) is 17.0. The molecule has 0 radical (unpaired) electrons. The van der Waals surface area contributed by atoms with Gasteiger partial charge in [-0.1, -0.05) is 12.1 Å². The Hall–Kier alpha value is -2.41. The van der Waals surface area contributed by atoms with Crippen LogP contribution in [0, 0.1) is 5.92 Å². The fraction of sp³-hybridized carbons (Fsp3) is 0.368. The van der Waals surface area contributed by atoms with Crippen molar-refractivity contribution in [3.05, 3.63) is 59.9 Å². The van der Waals surface area contributed by atoms with Gasteiger partial charge in [0.25, 0.3) is 0 Å². The van der Waals surface area contributed by atoms with Gasteiger partial charge in [0, 0.05) is 37.7 Å². The van der Waals surface area contributed by atoms with Crippen LogP contribution < -0.4 is 0 Å². The maximum absolute atomic E-state index is 12.0. The molecule has 1 N–H and O–H groups in total. The van der Waals surface area contributed by atoms with Gasteiger partial charge in [0.2, 0.25) is 0 Å². The molecule has 6 nitrogen and oxygen atoms in total. The second kappa shape index (κ2) is 7.45. The van der Waals surface area contributed by atoms with Crippen LogP contribution in [-0.4, -0.2) is 48.8 Å². The Bertz CT molecular complexity index is 875. The summed E-state index contributed by atoms with van der Waals surface area (Å²) < 4.78 is 23.9. The third kappa shape index (κ3) is 4.04. The number of likely N-dealkylation sites (tertiary alicyclic amines) is 1. The van der Waals surface area contributed by atoms with Crippen LogP contribution in [0.1, 0.15) is 29.9 Å². The molecular weight excluding hydrogens is 352 g/mol. The van der Waals surface area contributed by atoms with Gasteiger partial charge in [-0.3, -0.25) is 4.98 Å². The Kier molecular flexibility index (Phi) is 5.27. The maximum Gasteiger partial charge on any atom is 0.407 e. The number of amides is 1. The van der Waals surface area contributed by atoms with Gasteiger partial charge in [-0.2, -0.15) is 0 Å². The maximum atomic E-state index is 12.0. The SMILES string of the molecule is CS(=O)(=O)c1cccc(C(c2ccncc2)C2CCN(C(=O)O)CC2)c1. The molecule has 1 unspecified atom stereocenters. The average molecular weight is 374 g/mol. The lowest BCUT2D eigenvalue weighted by atomic mass is 9.76. The van der Waals surface area contributed by atoms with Crippen LogP contribution in [0.4, 0.5) is 4.79 Å². The number of rotatable bonds is 4. The minimum atomic E-state index is -3.29. The summed E-state index contributed by atoms with van der Waals surface area (Å²) >= 11 is 0. The molecule has 1 aliphatic heterocycles. The van der Waals surface area contributed by atoms with Crippen LogP contribution in [0.5, 0.6) is 0 Å². The topological polar surface area (TPSA) is 87.6 Å². The summed E-state index contributed by atoms with van der Waals surface area (Å²) in [5, 5.41) is 9.17. The summed E-state index contributed by atoms with van der Waals surface area (Å²) in [5.74, 6) is 0.249. The molecule has 2 heterocycles. The van der Waals surface area contributed by atoms with Crippen molar-refractivity contribution >= 4 is 15.9 Å². The zero-order chi connectivity index (χ0) is 18.7. The van der Waals surface area contributed by atoms with Crippen LogP contribution in [0.25, 0.3) is 0 Å². The Morgan fingerprint density at radius 1 is 1.15 bits per heavy atom. The highest BCUT2D eigenvalue weighted by atomic mass is 32.2. The second-order valence-corrected chi connectivity index (χ2v) is 8.73. The van der Waals surface area contributed by atoms with Crippen LogP contribution in [0.3, 0.4) is 0 Å². The Morgan fingerprint density at radius 3 is 2.38 bits per heavy atom. The molecular formula is C19H22N2O4S. The smallest absolute Gasteiger partial charge is 0.407 e. The lowest BCUT2D eigenvalue weighted by molar-refractivity contribution is 0.122. The van der Waals surface area contributed by atoms with Crippen LogP contribution in [-0.2, 0) is 9.84 Å². The van der Waals surface area contributed by atoms with Gasteiger partial charge in [0.1, 0.15) is 0 Å². The van der Waals surface area contributed by atoms with E-state index < -0.39 is 15.9 Å². The minimum Gasteiger partial charge on any atom is -0.465 e. The van der Waals surface area contributed by atoms with E-state index in [4.69, 9.17) is 0 Å². The Morgan fingerprint density at radius 2 is 1.81 bits per heavy atom. The molecule has 1 fully saturated rings. The highest BCUT2D eigenvalue weighted by Gasteiger charge is 2.30. The third-order valence-electron chi connectivity index (χ3n) is 4.99. The van der Waals surface area contributed by atoms with Gasteiger partial charge in [-0.25, -0.2) is 13.2 Å². The zero-order valence-electron chi connectivity index (χ0n) is 14.6. The van der Waals surface area contributed by atoms with Gasteiger partial charge in [-0.15, -0.1) is 0 Å². The highest BCUT2D eigenvalue weighted by molar-refractivity contribution is 7.90. The second-order valence-electron chi connectivity index (χ2n) is 6.71. The molecule has 1 atom stereocenters. The van der Waals surface area contributed by atoms with Gasteiger partial charge < -0.3 is 10.0 Å². The summed E-state index contributed by atoms with van der Waals surface area (Å²) in [5.41, 5.74) is 2.01. The molecule has 2 aromatic rings. The van der Waals surface area contributed by atoms with Gasteiger partial charge in [0.05, 0.1) is 4.90 Å². The molecule has 3 rings (SSSR count). The van der Waals surface area contributed by atoms with Crippen molar-refractivity contribution in [2.75, 3.05) is 19.3 Å². The van der Waals surface area contributed by atoms with Crippen LogP contribution in [0.15, 0.2) is 53.7 Å². The molecule has 1 amide bonds. The number of carbonyl (C=O) groups is 1. The predicted molar refractivity (Wildman–Crippen MR) is 98.0 cm³/mol. The fourth-order valence-corrected chi connectivity index (χ4v) is 4.35. The quantitative estimate of drug-likeness (QED) is 0.889. The summed E-state index contributed by atoms with van der Waals surface area (Å²) in [6.07, 6.45) is 5.26. The third-order valence-corrected chi connectivity index (χ3v) is 6.10. The molecule has 26 heavy (non-hydrogen) atoms. The number of hydrogen-bond acceptors (Lipinski definition) is 4. The van der Waals surface area contributed by atoms with Crippen molar-refractivity contribution in [1.29, 1.82) is 0 Å². The van der Waals surface area contributed by atoms with E-state index >= 15 is 0 Å². The lowest BCUT2D eigenvalue weighted by Gasteiger charge is -2.35. The molecule has 7 heteroatoms. The van der Waals surface area contributed by atoms with E-state index in [2.05, 4.69) is 4.98 Å². The van der Waals surface area contributed by atoms with Gasteiger partial charge in [-0.05, 0) is 54.2 Å². The van der Waals surface area contributed by atoms with E-state index in [1.165, 1.54) is 11.2 Å². The summed E-state index contributed by atoms with van der Waals surface area (Å²) in [7, 11) is -3.29. The lowest BCUT2D eigenvalue weighted by Crippen LogP contribution is -2.39. The highest BCUT2D eigenvalue weighted by Crippen LogP contribution is 2.38. The first-order chi connectivity index (χ1) is 12.4. The van der Waals surface area contributed by atoms with E-state index in [1.807, 2.05) is 18.2 Å². The molecule has 1 aliphatic rings. The average Bonchev–Trinajstić information content (AvgIpc) is 2.63. The van der Waals surface area contributed by atoms with E-state index in [1.54, 1.807) is 30.6 Å². The van der Waals surface area contributed by atoms with E-state index in [0.717, 1.165) is 24.0 Å². The van der Waals surface area contributed by atoms with E-state index in [9.17, 15) is 18.3 Å². The molecule has 0 spiro atoms. The van der Waals surface area contributed by atoms with E-state index in [-0.39, 0.29) is 11.8 Å². The van der Waals surface area contributed by atoms with Crippen molar-refractivity contribution < 1.29 is 18.3 Å². The largest absolute Gasteiger partial charge is 0.465 e. The molecule has 0 saturated carbocycles. The zero-order valence-corrected chi connectivity index (χ0v) is 15.4. The summed E-state index contributed by atoms with van der Waals surface area (Å²) in [6.45, 7) is 0.987. The Labute approximate surface area is 153 Å². The van der Waals surface area contributed by atoms with Gasteiger partial charge >= 0.3 is 6.09 Å². The number of piperidine rings is 1. The summed E-state index contributed by atoms with van der Waals surface area (Å²) in [6, 6.07) is 11.0. The fourth-order valence-electron chi connectivity index (χ4n) is 3.67. The minimum absolute atomic E-state index is 0.00986. The van der Waals surface area contributed by atoms with Crippen molar-refractivity contribution in [2.45, 2.75) is 23.7 Å². The van der Waals surface area contributed by atoms with E-state index in [0.29, 0.717) is 18.0 Å². The molecule has 1 saturated heterocycles. The number of aromatic nitrogens is 1. The number of hydrogen-bond donors (Lipinski definition) is 1. The van der Waals surface area contributed by atoms with Crippen LogP contribution in [0.2, 0.25) is 0 Å². The first-order valence-corrected chi connectivity index (χ1v) is 10.4. The monoisotopic (exact) mass is 374 g/mol. The van der Waals surface area contributed by atoms with Gasteiger partial charge in [0.15, 0.2) is 9.84 Å². The van der Waals surface area contributed by atoms with Crippen molar-refractivity contribution in [3.63, 3.8) is 0 Å². The first kappa shape index (κ1) is 18.4. The molecule has 0 bridgehead atoms. The standard InChI is InChI=1S/C19H22N2O4S/c1-26(24,25)17-4-2-3-16(13-17)18(14-5-9-20-10-6-14)15-7-11-21(12-8-15)19(22)23/h2-6,9-10,13,15,18H,7-8,11-12H2,1H3,(H,22,23). The molecule has 0 aliphatic carbocycles. The predicted octanol–water partition coefficient (Wildman–Crippen LogP) is 3.01. The molecule has 1 aromatic carbocycles. The first-order valence-electron chi connectivity index (χ1n) is 8.54. The number of sulfone groups is 1. The van der Waals surface area contributed by atoms with Crippen LogP contribution >= 0.6 is 0 Å². The number of nitrogens with zero attached hydrogens (tertiary/aromatic N) is 2. The number of carboxylic acid groups (broad SMARTS) is 1. The number of benzene rings is 1. The van der Waals surface area contributed by atoms with Crippen molar-refractivity contribution in [3.8, 4) is 0 Å². The normalized spacial score (nSPS) is 17.0. The number of pyridine rings is 1. The molecule has 1 aromatic heterocycles. The van der Waals surface area contributed by atoms with Crippen molar-refractivity contribution in [2.24, 2.45) is 5.92 Å².